The molecule has 146 valence electrons. The number of H-pyrrole nitrogens is 1. The van der Waals surface area contributed by atoms with Gasteiger partial charge in [0.1, 0.15) is 22.2 Å². The second kappa shape index (κ2) is 8.68. The van der Waals surface area contributed by atoms with E-state index in [1.54, 1.807) is 24.5 Å². The minimum absolute atomic E-state index is 0.131. The van der Waals surface area contributed by atoms with Crippen LogP contribution in [0.15, 0.2) is 63.1 Å². The Bertz CT molecular complexity index is 1130. The molecular formula is C17H12FN7OS3. The van der Waals surface area contributed by atoms with E-state index in [0.717, 1.165) is 21.5 Å². The summed E-state index contributed by atoms with van der Waals surface area (Å²) in [6.45, 7) is 1.90. The highest BCUT2D eigenvalue weighted by Crippen LogP contribution is 2.30. The van der Waals surface area contributed by atoms with Gasteiger partial charge in [-0.1, -0.05) is 11.8 Å². The molecule has 0 aliphatic carbocycles. The first-order valence-electron chi connectivity index (χ1n) is 8.15. The summed E-state index contributed by atoms with van der Waals surface area (Å²) >= 11 is 3.78. The number of halogens is 1. The van der Waals surface area contributed by atoms with Crippen molar-refractivity contribution in [1.82, 2.24) is 30.1 Å². The Labute approximate surface area is 176 Å². The van der Waals surface area contributed by atoms with Crippen molar-refractivity contribution < 1.29 is 9.18 Å². The van der Waals surface area contributed by atoms with Gasteiger partial charge in [0.05, 0.1) is 6.20 Å². The molecule has 29 heavy (non-hydrogen) atoms. The molecule has 1 aromatic carbocycles. The summed E-state index contributed by atoms with van der Waals surface area (Å²) in [6, 6.07) is 6.00. The van der Waals surface area contributed by atoms with Crippen LogP contribution in [0.4, 0.5) is 9.52 Å². The summed E-state index contributed by atoms with van der Waals surface area (Å²) in [6.07, 6.45) is 4.67. The van der Waals surface area contributed by atoms with Crippen LogP contribution >= 0.6 is 34.9 Å². The van der Waals surface area contributed by atoms with E-state index in [2.05, 4.69) is 35.5 Å². The van der Waals surface area contributed by atoms with Crippen molar-refractivity contribution in [2.24, 2.45) is 0 Å². The predicted molar refractivity (Wildman–Crippen MR) is 108 cm³/mol. The normalized spacial score (nSPS) is 10.8. The third-order valence-electron chi connectivity index (χ3n) is 3.40. The van der Waals surface area contributed by atoms with Gasteiger partial charge in [-0.05, 0) is 43.0 Å². The maximum atomic E-state index is 13.1. The van der Waals surface area contributed by atoms with Gasteiger partial charge in [0.2, 0.25) is 0 Å². The number of carbonyl (C=O) groups is 1. The molecule has 3 heterocycles. The van der Waals surface area contributed by atoms with Crippen LogP contribution in [0.2, 0.25) is 0 Å². The fraction of sp³-hybridized carbons (Fsp3) is 0.0588. The third kappa shape index (κ3) is 4.96. The molecule has 0 saturated heterocycles. The smallest absolute Gasteiger partial charge is 0.278 e. The average Bonchev–Trinajstić information content (AvgIpc) is 3.36. The van der Waals surface area contributed by atoms with Crippen molar-refractivity contribution in [3.8, 4) is 0 Å². The number of nitrogens with zero attached hydrogens (tertiary/aromatic N) is 5. The molecule has 8 nitrogen and oxygen atoms in total. The molecular weight excluding hydrogens is 433 g/mol. The van der Waals surface area contributed by atoms with Gasteiger partial charge in [0, 0.05) is 16.0 Å². The monoisotopic (exact) mass is 445 g/mol. The SMILES string of the molecule is Cc1cnc(NC(=O)c2nc(Sc3ccc(F)cc3)cnc2Sc2nnc[nH]2)s1. The van der Waals surface area contributed by atoms with Crippen LogP contribution in [0.25, 0.3) is 0 Å². The first-order chi connectivity index (χ1) is 14.1. The van der Waals surface area contributed by atoms with Crippen LogP contribution in [0, 0.1) is 12.7 Å². The molecule has 0 saturated carbocycles. The minimum atomic E-state index is -0.435. The first-order valence-corrected chi connectivity index (χ1v) is 10.6. The number of hydrogen-bond donors (Lipinski definition) is 2. The molecule has 0 fully saturated rings. The molecule has 0 radical (unpaired) electrons. The fourth-order valence-electron chi connectivity index (χ4n) is 2.16. The Morgan fingerprint density at radius 2 is 2.00 bits per heavy atom. The van der Waals surface area contributed by atoms with Crippen molar-refractivity contribution in [2.45, 2.75) is 27.0 Å². The molecule has 0 atom stereocenters. The molecule has 12 heteroatoms. The summed E-state index contributed by atoms with van der Waals surface area (Å²) < 4.78 is 13.1. The third-order valence-corrected chi connectivity index (χ3v) is 6.02. The second-order valence-electron chi connectivity index (χ2n) is 5.54. The molecule has 0 spiro atoms. The zero-order chi connectivity index (χ0) is 20.2. The number of thiazole rings is 1. The Morgan fingerprint density at radius 3 is 2.69 bits per heavy atom. The lowest BCUT2D eigenvalue weighted by Gasteiger charge is -2.08. The zero-order valence-electron chi connectivity index (χ0n) is 14.8. The highest BCUT2D eigenvalue weighted by Gasteiger charge is 2.20. The lowest BCUT2D eigenvalue weighted by atomic mass is 10.4. The molecule has 4 rings (SSSR count). The van der Waals surface area contributed by atoms with E-state index in [-0.39, 0.29) is 11.5 Å². The van der Waals surface area contributed by atoms with E-state index < -0.39 is 5.91 Å². The summed E-state index contributed by atoms with van der Waals surface area (Å²) in [5.41, 5.74) is 0.131. The number of anilines is 1. The largest absolute Gasteiger partial charge is 0.322 e. The number of aromatic nitrogens is 6. The summed E-state index contributed by atoms with van der Waals surface area (Å²) in [5.74, 6) is -0.756. The number of rotatable bonds is 6. The van der Waals surface area contributed by atoms with Gasteiger partial charge in [-0.15, -0.1) is 21.5 Å². The summed E-state index contributed by atoms with van der Waals surface area (Å²) in [5, 5.41) is 12.2. The maximum Gasteiger partial charge on any atom is 0.278 e. The van der Waals surface area contributed by atoms with E-state index >= 15 is 0 Å². The Morgan fingerprint density at radius 1 is 1.17 bits per heavy atom. The molecule has 2 N–H and O–H groups in total. The minimum Gasteiger partial charge on any atom is -0.322 e. The van der Waals surface area contributed by atoms with E-state index in [4.69, 9.17) is 0 Å². The molecule has 0 bridgehead atoms. The van der Waals surface area contributed by atoms with E-state index in [0.29, 0.717) is 20.3 Å². The van der Waals surface area contributed by atoms with Gasteiger partial charge in [-0.25, -0.2) is 19.3 Å². The molecule has 1 amide bonds. The summed E-state index contributed by atoms with van der Waals surface area (Å²) in [4.78, 5) is 30.4. The first kappa shape index (κ1) is 19.5. The van der Waals surface area contributed by atoms with Crippen LogP contribution < -0.4 is 5.32 Å². The van der Waals surface area contributed by atoms with E-state index in [1.165, 1.54) is 41.6 Å². The number of benzene rings is 1. The Hall–Kier alpha value is -2.83. The van der Waals surface area contributed by atoms with Crippen LogP contribution in [0.3, 0.4) is 0 Å². The quantitative estimate of drug-likeness (QED) is 0.457. The van der Waals surface area contributed by atoms with Crippen molar-refractivity contribution in [1.29, 1.82) is 0 Å². The van der Waals surface area contributed by atoms with Crippen molar-refractivity contribution in [3.05, 3.63) is 59.4 Å². The molecule has 4 aromatic rings. The van der Waals surface area contributed by atoms with Gasteiger partial charge >= 0.3 is 0 Å². The maximum absolute atomic E-state index is 13.1. The topological polar surface area (TPSA) is 109 Å². The van der Waals surface area contributed by atoms with Gasteiger partial charge in [0.15, 0.2) is 16.0 Å². The standard InChI is InChI=1S/C17H12FN7OS3/c1-9-6-20-16(27-9)24-14(26)13-15(29-17-21-8-22-25-17)19-7-12(23-13)28-11-4-2-10(18)3-5-11/h2-8H,1H3,(H,20,24,26)(H,21,22,25). The number of amides is 1. The molecule has 3 aromatic heterocycles. The van der Waals surface area contributed by atoms with Gasteiger partial charge in [0.25, 0.3) is 5.91 Å². The highest BCUT2D eigenvalue weighted by atomic mass is 32.2. The number of nitrogens with one attached hydrogen (secondary N) is 2. The molecule has 0 aliphatic heterocycles. The lowest BCUT2D eigenvalue weighted by molar-refractivity contribution is 0.101. The predicted octanol–water partition coefficient (Wildman–Crippen LogP) is 4.05. The van der Waals surface area contributed by atoms with Crippen molar-refractivity contribution in [2.75, 3.05) is 5.32 Å². The van der Waals surface area contributed by atoms with Crippen LogP contribution in [-0.4, -0.2) is 36.0 Å². The number of aromatic amines is 1. The van der Waals surface area contributed by atoms with Crippen LogP contribution in [-0.2, 0) is 0 Å². The molecule has 0 aliphatic rings. The van der Waals surface area contributed by atoms with Gasteiger partial charge < -0.3 is 4.98 Å². The van der Waals surface area contributed by atoms with Crippen molar-refractivity contribution in [3.63, 3.8) is 0 Å². The van der Waals surface area contributed by atoms with Crippen LogP contribution in [0.1, 0.15) is 15.4 Å². The Kier molecular flexibility index (Phi) is 5.83. The second-order valence-corrected chi connectivity index (χ2v) is 8.85. The summed E-state index contributed by atoms with van der Waals surface area (Å²) in [7, 11) is 0. The van der Waals surface area contributed by atoms with Crippen LogP contribution in [0.5, 0.6) is 0 Å². The number of aryl methyl sites for hydroxylation is 1. The van der Waals surface area contributed by atoms with Gasteiger partial charge in [-0.2, -0.15) is 0 Å². The zero-order valence-corrected chi connectivity index (χ0v) is 17.2. The van der Waals surface area contributed by atoms with Gasteiger partial charge in [-0.3, -0.25) is 10.1 Å². The Balaban J connectivity index is 1.63. The lowest BCUT2D eigenvalue weighted by Crippen LogP contribution is -2.16. The van der Waals surface area contributed by atoms with Crippen molar-refractivity contribution >= 4 is 45.9 Å². The number of hydrogen-bond acceptors (Lipinski definition) is 9. The number of carbonyl (C=O) groups excluding carboxylic acids is 1. The fourth-order valence-corrected chi connectivity index (χ4v) is 4.30. The van der Waals surface area contributed by atoms with E-state index in [9.17, 15) is 9.18 Å². The molecule has 0 unspecified atom stereocenters. The van der Waals surface area contributed by atoms with E-state index in [1.807, 2.05) is 6.92 Å². The highest BCUT2D eigenvalue weighted by molar-refractivity contribution is 7.99. The average molecular weight is 446 g/mol.